The zero-order valence-electron chi connectivity index (χ0n) is 10.1. The highest BCUT2D eigenvalue weighted by Gasteiger charge is 2.22. The molecule has 0 aliphatic heterocycles. The van der Waals surface area contributed by atoms with Crippen LogP contribution in [0.4, 0.5) is 0 Å². The maximum Gasteiger partial charge on any atom is 0.0900 e. The first-order valence-corrected chi connectivity index (χ1v) is 6.83. The van der Waals surface area contributed by atoms with Crippen molar-refractivity contribution in [3.8, 4) is 0 Å². The number of halogens is 1. The monoisotopic (exact) mass is 266 g/mol. The fourth-order valence-corrected chi connectivity index (χ4v) is 3.31. The first-order chi connectivity index (χ1) is 8.09. The zero-order chi connectivity index (χ0) is 12.4. The van der Waals surface area contributed by atoms with Crippen LogP contribution >= 0.6 is 22.9 Å². The van der Waals surface area contributed by atoms with Crippen molar-refractivity contribution in [2.75, 3.05) is 0 Å². The summed E-state index contributed by atoms with van der Waals surface area (Å²) in [5.41, 5.74) is 2.26. The Morgan fingerprint density at radius 1 is 1.24 bits per heavy atom. The van der Waals surface area contributed by atoms with Gasteiger partial charge in [0.05, 0.1) is 16.1 Å². The number of aromatic nitrogens is 2. The molecule has 2 nitrogen and oxygen atoms in total. The molecular weight excluding hydrogens is 252 g/mol. The average Bonchev–Trinajstić information content (AvgIpc) is 2.68. The molecule has 0 saturated heterocycles. The Hall–Kier alpha value is -0.930. The molecule has 0 aliphatic carbocycles. The van der Waals surface area contributed by atoms with Gasteiger partial charge in [-0.1, -0.05) is 6.92 Å². The van der Waals surface area contributed by atoms with Gasteiger partial charge in [-0.2, -0.15) is 0 Å². The predicted octanol–water partition coefficient (Wildman–Crippen LogP) is 4.24. The van der Waals surface area contributed by atoms with Gasteiger partial charge in [0.15, 0.2) is 0 Å². The van der Waals surface area contributed by atoms with E-state index in [4.69, 9.17) is 11.6 Å². The molecule has 0 radical (unpaired) electrons. The molecule has 0 N–H and O–H groups in total. The van der Waals surface area contributed by atoms with Crippen LogP contribution in [-0.2, 0) is 0 Å². The van der Waals surface area contributed by atoms with Gasteiger partial charge in [0.2, 0.25) is 0 Å². The summed E-state index contributed by atoms with van der Waals surface area (Å²) in [5, 5.41) is 1.05. The SMILES string of the molecule is Cc1nc(C)c(C(Cl)C(C)c2ccncc2)s1. The maximum atomic E-state index is 6.56. The highest BCUT2D eigenvalue weighted by molar-refractivity contribution is 7.12. The Labute approximate surface area is 111 Å². The normalized spacial score (nSPS) is 14.6. The zero-order valence-corrected chi connectivity index (χ0v) is 11.7. The second-order valence-electron chi connectivity index (χ2n) is 4.15. The first-order valence-electron chi connectivity index (χ1n) is 5.57. The molecule has 2 unspecified atom stereocenters. The summed E-state index contributed by atoms with van der Waals surface area (Å²) in [6, 6.07) is 4.03. The topological polar surface area (TPSA) is 25.8 Å². The summed E-state index contributed by atoms with van der Waals surface area (Å²) in [5.74, 6) is 0.262. The lowest BCUT2D eigenvalue weighted by molar-refractivity contribution is 0.735. The van der Waals surface area contributed by atoms with Gasteiger partial charge in [-0.3, -0.25) is 4.98 Å². The number of aryl methyl sites for hydroxylation is 2. The molecule has 4 heteroatoms. The van der Waals surface area contributed by atoms with E-state index in [1.165, 1.54) is 10.4 Å². The van der Waals surface area contributed by atoms with Crippen LogP contribution in [0, 0.1) is 13.8 Å². The molecule has 0 fully saturated rings. The van der Waals surface area contributed by atoms with Crippen molar-refractivity contribution in [2.45, 2.75) is 32.1 Å². The predicted molar refractivity (Wildman–Crippen MR) is 72.8 cm³/mol. The Morgan fingerprint density at radius 2 is 1.88 bits per heavy atom. The minimum Gasteiger partial charge on any atom is -0.265 e. The number of hydrogen-bond acceptors (Lipinski definition) is 3. The summed E-state index contributed by atoms with van der Waals surface area (Å²) < 4.78 is 0. The number of thiazole rings is 1. The summed E-state index contributed by atoms with van der Waals surface area (Å²) in [6.45, 7) is 6.18. The van der Waals surface area contributed by atoms with E-state index in [2.05, 4.69) is 16.9 Å². The molecule has 2 aromatic rings. The molecular formula is C13H15ClN2S. The van der Waals surface area contributed by atoms with E-state index < -0.39 is 0 Å². The second kappa shape index (κ2) is 5.15. The molecule has 0 aromatic carbocycles. The minimum atomic E-state index is -0.0244. The lowest BCUT2D eigenvalue weighted by atomic mass is 9.97. The molecule has 2 heterocycles. The number of rotatable bonds is 3. The summed E-state index contributed by atoms with van der Waals surface area (Å²) in [7, 11) is 0. The first kappa shape index (κ1) is 12.5. The van der Waals surface area contributed by atoms with Gasteiger partial charge < -0.3 is 0 Å². The standard InChI is InChI=1S/C13H15ClN2S/c1-8(11-4-6-15-7-5-11)12(14)13-9(2)16-10(3)17-13/h4-8,12H,1-3H3. The Kier molecular flexibility index (Phi) is 3.79. The van der Waals surface area contributed by atoms with E-state index in [9.17, 15) is 0 Å². The molecule has 0 saturated carbocycles. The van der Waals surface area contributed by atoms with E-state index in [1.807, 2.05) is 26.0 Å². The van der Waals surface area contributed by atoms with Crippen LogP contribution in [0.1, 0.15) is 39.4 Å². The fourth-order valence-electron chi connectivity index (χ4n) is 1.87. The van der Waals surface area contributed by atoms with Crippen molar-refractivity contribution in [1.29, 1.82) is 0 Å². The third-order valence-corrected chi connectivity index (χ3v) is 4.74. The van der Waals surface area contributed by atoms with Crippen LogP contribution < -0.4 is 0 Å². The smallest absolute Gasteiger partial charge is 0.0900 e. The molecule has 17 heavy (non-hydrogen) atoms. The molecule has 0 aliphatic rings. The summed E-state index contributed by atoms with van der Waals surface area (Å²) in [6.07, 6.45) is 3.61. The van der Waals surface area contributed by atoms with Gasteiger partial charge in [-0.05, 0) is 31.5 Å². The molecule has 2 rings (SSSR count). The van der Waals surface area contributed by atoms with Crippen LogP contribution in [0.3, 0.4) is 0 Å². The highest BCUT2D eigenvalue weighted by Crippen LogP contribution is 2.39. The molecule has 0 bridgehead atoms. The van der Waals surface area contributed by atoms with Gasteiger partial charge in [-0.25, -0.2) is 4.98 Å². The van der Waals surface area contributed by atoms with E-state index in [1.54, 1.807) is 23.7 Å². The van der Waals surface area contributed by atoms with Crippen molar-refractivity contribution < 1.29 is 0 Å². The van der Waals surface area contributed by atoms with Crippen LogP contribution in [0.5, 0.6) is 0 Å². The van der Waals surface area contributed by atoms with Gasteiger partial charge in [0.25, 0.3) is 0 Å². The number of nitrogens with zero attached hydrogens (tertiary/aromatic N) is 2. The second-order valence-corrected chi connectivity index (χ2v) is 5.86. The Morgan fingerprint density at radius 3 is 2.41 bits per heavy atom. The number of alkyl halides is 1. The number of hydrogen-bond donors (Lipinski definition) is 0. The Balaban J connectivity index is 2.26. The quantitative estimate of drug-likeness (QED) is 0.777. The van der Waals surface area contributed by atoms with Crippen molar-refractivity contribution in [2.24, 2.45) is 0 Å². The Bertz CT molecular complexity index is 495. The average molecular weight is 267 g/mol. The molecule has 0 amide bonds. The van der Waals surface area contributed by atoms with E-state index in [0.29, 0.717) is 0 Å². The van der Waals surface area contributed by atoms with Crippen LogP contribution in [0.15, 0.2) is 24.5 Å². The van der Waals surface area contributed by atoms with E-state index >= 15 is 0 Å². The maximum absolute atomic E-state index is 6.56. The van der Waals surface area contributed by atoms with Crippen molar-refractivity contribution in [3.63, 3.8) is 0 Å². The van der Waals surface area contributed by atoms with Gasteiger partial charge in [0, 0.05) is 23.2 Å². The molecule has 0 spiro atoms. The van der Waals surface area contributed by atoms with Crippen molar-refractivity contribution in [3.05, 3.63) is 45.7 Å². The van der Waals surface area contributed by atoms with Crippen LogP contribution in [0.25, 0.3) is 0 Å². The van der Waals surface area contributed by atoms with Gasteiger partial charge >= 0.3 is 0 Å². The summed E-state index contributed by atoms with van der Waals surface area (Å²) in [4.78, 5) is 9.63. The molecule has 90 valence electrons. The lowest BCUT2D eigenvalue weighted by Gasteiger charge is -2.17. The van der Waals surface area contributed by atoms with Crippen molar-refractivity contribution in [1.82, 2.24) is 9.97 Å². The van der Waals surface area contributed by atoms with Crippen LogP contribution in [-0.4, -0.2) is 9.97 Å². The van der Waals surface area contributed by atoms with Gasteiger partial charge in [0.1, 0.15) is 0 Å². The largest absolute Gasteiger partial charge is 0.265 e. The number of pyridine rings is 1. The minimum absolute atomic E-state index is 0.0244. The molecule has 2 atom stereocenters. The third-order valence-electron chi connectivity index (χ3n) is 2.86. The summed E-state index contributed by atoms with van der Waals surface area (Å²) >= 11 is 8.25. The van der Waals surface area contributed by atoms with Gasteiger partial charge in [-0.15, -0.1) is 22.9 Å². The van der Waals surface area contributed by atoms with Crippen molar-refractivity contribution >= 4 is 22.9 Å². The third kappa shape index (κ3) is 2.67. The van der Waals surface area contributed by atoms with Crippen LogP contribution in [0.2, 0.25) is 0 Å². The van der Waals surface area contributed by atoms with E-state index in [-0.39, 0.29) is 11.3 Å². The highest BCUT2D eigenvalue weighted by atomic mass is 35.5. The molecule has 2 aromatic heterocycles. The fraction of sp³-hybridized carbons (Fsp3) is 0.385. The lowest BCUT2D eigenvalue weighted by Crippen LogP contribution is -2.02. The van der Waals surface area contributed by atoms with E-state index in [0.717, 1.165) is 10.7 Å².